The Labute approximate surface area is 117 Å². The van der Waals surface area contributed by atoms with Crippen LogP contribution in [0.5, 0.6) is 0 Å². The van der Waals surface area contributed by atoms with Gasteiger partial charge in [-0.1, -0.05) is 20.8 Å². The van der Waals surface area contributed by atoms with Gasteiger partial charge in [-0.25, -0.2) is 4.79 Å². The molecule has 0 bridgehead atoms. The molecule has 0 saturated carbocycles. The van der Waals surface area contributed by atoms with Gasteiger partial charge in [-0.3, -0.25) is 0 Å². The van der Waals surface area contributed by atoms with Crippen LogP contribution >= 0.6 is 0 Å². The SMILES string of the molecule is CCOC(=O)/C=C/[C@@H](O)[C@H](C)O[Si](C)(C)C(C)(C)C. The fraction of sp³-hybridized carbons (Fsp3) is 0.786. The molecule has 0 fully saturated rings. The van der Waals surface area contributed by atoms with E-state index in [9.17, 15) is 9.90 Å². The third-order valence-electron chi connectivity index (χ3n) is 3.48. The molecule has 2 atom stereocenters. The zero-order valence-electron chi connectivity index (χ0n) is 13.2. The molecular formula is C14H28O4Si. The summed E-state index contributed by atoms with van der Waals surface area (Å²) in [4.78, 5) is 11.2. The molecule has 1 N–H and O–H groups in total. The Morgan fingerprint density at radius 2 is 1.89 bits per heavy atom. The minimum Gasteiger partial charge on any atom is -0.463 e. The Morgan fingerprint density at radius 3 is 2.32 bits per heavy atom. The Balaban J connectivity index is 4.51. The van der Waals surface area contributed by atoms with Gasteiger partial charge in [0, 0.05) is 6.08 Å². The zero-order valence-corrected chi connectivity index (χ0v) is 14.2. The van der Waals surface area contributed by atoms with Crippen LogP contribution in [0.3, 0.4) is 0 Å². The molecule has 4 nitrogen and oxygen atoms in total. The van der Waals surface area contributed by atoms with Crippen LogP contribution in [0.4, 0.5) is 0 Å². The van der Waals surface area contributed by atoms with Crippen molar-refractivity contribution in [3.8, 4) is 0 Å². The van der Waals surface area contributed by atoms with Crippen molar-refractivity contribution in [3.63, 3.8) is 0 Å². The summed E-state index contributed by atoms with van der Waals surface area (Å²) in [6.07, 6.45) is 1.53. The van der Waals surface area contributed by atoms with E-state index in [0.29, 0.717) is 6.61 Å². The average molecular weight is 288 g/mol. The maximum absolute atomic E-state index is 11.2. The fourth-order valence-electron chi connectivity index (χ4n) is 1.24. The second-order valence-corrected chi connectivity index (χ2v) is 10.9. The predicted octanol–water partition coefficient (Wildman–Crippen LogP) is 2.88. The first kappa shape index (κ1) is 18.3. The number of ether oxygens (including phenoxy) is 1. The molecule has 0 aromatic carbocycles. The fourth-order valence-corrected chi connectivity index (χ4v) is 2.66. The summed E-state index contributed by atoms with van der Waals surface area (Å²) in [7, 11) is -1.91. The Morgan fingerprint density at radius 1 is 1.37 bits per heavy atom. The van der Waals surface area contributed by atoms with Gasteiger partial charge in [0.25, 0.3) is 0 Å². The molecule has 19 heavy (non-hydrogen) atoms. The van der Waals surface area contributed by atoms with Gasteiger partial charge in [-0.05, 0) is 38.1 Å². The lowest BCUT2D eigenvalue weighted by Crippen LogP contribution is -2.45. The highest BCUT2D eigenvalue weighted by Crippen LogP contribution is 2.37. The molecule has 0 aliphatic heterocycles. The molecular weight excluding hydrogens is 260 g/mol. The number of carbonyl (C=O) groups is 1. The van der Waals surface area contributed by atoms with Crippen molar-refractivity contribution in [2.75, 3.05) is 6.61 Å². The van der Waals surface area contributed by atoms with Crippen LogP contribution in [0.1, 0.15) is 34.6 Å². The van der Waals surface area contributed by atoms with Crippen molar-refractivity contribution in [2.45, 2.75) is 65.0 Å². The Bertz CT molecular complexity index is 318. The van der Waals surface area contributed by atoms with Gasteiger partial charge in [0.15, 0.2) is 8.32 Å². The van der Waals surface area contributed by atoms with Crippen molar-refractivity contribution >= 4 is 14.3 Å². The van der Waals surface area contributed by atoms with Crippen molar-refractivity contribution in [3.05, 3.63) is 12.2 Å². The van der Waals surface area contributed by atoms with E-state index in [4.69, 9.17) is 9.16 Å². The lowest BCUT2D eigenvalue weighted by Gasteiger charge is -2.39. The van der Waals surface area contributed by atoms with Crippen molar-refractivity contribution in [1.29, 1.82) is 0 Å². The van der Waals surface area contributed by atoms with Crippen molar-refractivity contribution in [2.24, 2.45) is 0 Å². The van der Waals surface area contributed by atoms with Gasteiger partial charge >= 0.3 is 5.97 Å². The highest BCUT2D eigenvalue weighted by molar-refractivity contribution is 6.74. The van der Waals surface area contributed by atoms with E-state index in [-0.39, 0.29) is 11.1 Å². The Hall–Kier alpha value is -0.653. The molecule has 0 aliphatic rings. The van der Waals surface area contributed by atoms with Gasteiger partial charge in [0.2, 0.25) is 0 Å². The summed E-state index contributed by atoms with van der Waals surface area (Å²) in [5.41, 5.74) is 0. The summed E-state index contributed by atoms with van der Waals surface area (Å²) in [6, 6.07) is 0. The molecule has 0 rings (SSSR count). The molecule has 0 heterocycles. The first-order chi connectivity index (χ1) is 8.51. The molecule has 112 valence electrons. The van der Waals surface area contributed by atoms with E-state index in [1.54, 1.807) is 6.92 Å². The van der Waals surface area contributed by atoms with Crippen LogP contribution in [-0.4, -0.2) is 38.2 Å². The summed E-state index contributed by atoms with van der Waals surface area (Å²) < 4.78 is 10.8. The van der Waals surface area contributed by atoms with Crippen LogP contribution in [0.15, 0.2) is 12.2 Å². The Kier molecular flexibility index (Phi) is 6.97. The highest BCUT2D eigenvalue weighted by atomic mass is 28.4. The van der Waals surface area contributed by atoms with Gasteiger partial charge in [-0.2, -0.15) is 0 Å². The maximum Gasteiger partial charge on any atom is 0.330 e. The predicted molar refractivity (Wildman–Crippen MR) is 79.5 cm³/mol. The first-order valence-corrected chi connectivity index (χ1v) is 9.63. The van der Waals surface area contributed by atoms with E-state index in [2.05, 4.69) is 33.9 Å². The largest absolute Gasteiger partial charge is 0.463 e. The molecule has 5 heteroatoms. The molecule has 0 aliphatic carbocycles. The number of aliphatic hydroxyl groups excluding tert-OH is 1. The van der Waals surface area contributed by atoms with Gasteiger partial charge in [-0.15, -0.1) is 0 Å². The number of rotatable bonds is 6. The number of aliphatic hydroxyl groups is 1. The molecule has 0 aromatic heterocycles. The van der Waals surface area contributed by atoms with E-state index in [1.165, 1.54) is 12.2 Å². The number of carbonyl (C=O) groups excluding carboxylic acids is 1. The van der Waals surface area contributed by atoms with Crippen LogP contribution < -0.4 is 0 Å². The first-order valence-electron chi connectivity index (χ1n) is 6.72. The second kappa shape index (κ2) is 7.22. The van der Waals surface area contributed by atoms with Crippen molar-refractivity contribution in [1.82, 2.24) is 0 Å². The minimum absolute atomic E-state index is 0.0891. The summed E-state index contributed by atoms with van der Waals surface area (Å²) in [5.74, 6) is -0.443. The summed E-state index contributed by atoms with van der Waals surface area (Å²) in [6.45, 7) is 14.6. The van der Waals surface area contributed by atoms with Crippen LogP contribution in [0, 0.1) is 0 Å². The highest BCUT2D eigenvalue weighted by Gasteiger charge is 2.39. The molecule has 0 saturated heterocycles. The van der Waals surface area contributed by atoms with Crippen LogP contribution in [0.25, 0.3) is 0 Å². The standard InChI is InChI=1S/C14H28O4Si/c1-8-17-13(16)10-9-12(15)11(2)18-19(6,7)14(3,4)5/h9-12,15H,8H2,1-7H3/b10-9+/t11-,12+/m0/s1. The quantitative estimate of drug-likeness (QED) is 0.464. The molecule has 0 radical (unpaired) electrons. The third kappa shape index (κ3) is 6.36. The number of hydrogen-bond donors (Lipinski definition) is 1. The van der Waals surface area contributed by atoms with E-state index in [1.807, 2.05) is 6.92 Å². The lowest BCUT2D eigenvalue weighted by atomic mass is 10.2. The van der Waals surface area contributed by atoms with Gasteiger partial charge in [0.05, 0.1) is 18.8 Å². The molecule has 0 unspecified atom stereocenters. The lowest BCUT2D eigenvalue weighted by molar-refractivity contribution is -0.137. The molecule has 0 aromatic rings. The number of hydrogen-bond acceptors (Lipinski definition) is 4. The monoisotopic (exact) mass is 288 g/mol. The van der Waals surface area contributed by atoms with Crippen LogP contribution in [0.2, 0.25) is 18.1 Å². The summed E-state index contributed by atoms with van der Waals surface area (Å²) >= 11 is 0. The maximum atomic E-state index is 11.2. The van der Waals surface area contributed by atoms with E-state index in [0.717, 1.165) is 0 Å². The summed E-state index contributed by atoms with van der Waals surface area (Å²) in [5, 5.41) is 10.1. The second-order valence-electron chi connectivity index (χ2n) is 6.19. The molecule has 0 spiro atoms. The third-order valence-corrected chi connectivity index (χ3v) is 8.06. The van der Waals surface area contributed by atoms with Gasteiger partial charge < -0.3 is 14.3 Å². The van der Waals surface area contributed by atoms with Crippen LogP contribution in [-0.2, 0) is 14.0 Å². The average Bonchev–Trinajstić information content (AvgIpc) is 2.24. The van der Waals surface area contributed by atoms with Crippen molar-refractivity contribution < 1.29 is 19.1 Å². The smallest absolute Gasteiger partial charge is 0.330 e. The normalized spacial score (nSPS) is 16.4. The van der Waals surface area contributed by atoms with E-state index >= 15 is 0 Å². The van der Waals surface area contributed by atoms with E-state index < -0.39 is 20.4 Å². The number of esters is 1. The zero-order chi connectivity index (χ0) is 15.3. The minimum atomic E-state index is -1.91. The van der Waals surface area contributed by atoms with Gasteiger partial charge in [0.1, 0.15) is 0 Å². The topological polar surface area (TPSA) is 55.8 Å². The molecule has 0 amide bonds.